The van der Waals surface area contributed by atoms with Crippen molar-refractivity contribution in [3.8, 4) is 0 Å². The van der Waals surface area contributed by atoms with E-state index >= 15 is 0 Å². The molecule has 1 aromatic rings. The molecule has 3 N–H and O–H groups in total. The van der Waals surface area contributed by atoms with Crippen LogP contribution in [0.3, 0.4) is 0 Å². The van der Waals surface area contributed by atoms with Crippen LogP contribution in [0.1, 0.15) is 46.5 Å². The molecule has 0 radical (unpaired) electrons. The van der Waals surface area contributed by atoms with Gasteiger partial charge in [-0.25, -0.2) is 0 Å². The van der Waals surface area contributed by atoms with E-state index in [0.29, 0.717) is 10.6 Å². The Hall–Kier alpha value is -0.780. The summed E-state index contributed by atoms with van der Waals surface area (Å²) in [7, 11) is 0. The molecular formula is C13H16Cl2N2O2S. The molecule has 1 aromatic heterocycles. The van der Waals surface area contributed by atoms with Gasteiger partial charge in [0.25, 0.3) is 11.8 Å². The lowest BCUT2D eigenvalue weighted by molar-refractivity contribution is -0.114. The van der Waals surface area contributed by atoms with E-state index in [9.17, 15) is 9.59 Å². The van der Waals surface area contributed by atoms with E-state index in [1.807, 2.05) is 0 Å². The molecule has 0 saturated carbocycles. The third kappa shape index (κ3) is 3.45. The Balaban J connectivity index is 2.38. The van der Waals surface area contributed by atoms with Gasteiger partial charge in [0.1, 0.15) is 5.00 Å². The Morgan fingerprint density at radius 2 is 1.80 bits per heavy atom. The third-order valence-electron chi connectivity index (χ3n) is 3.35. The van der Waals surface area contributed by atoms with Crippen LogP contribution in [0.4, 0.5) is 5.00 Å². The maximum absolute atomic E-state index is 11.7. The molecule has 110 valence electrons. The molecule has 0 unspecified atom stereocenters. The molecule has 4 nitrogen and oxygen atoms in total. The highest BCUT2D eigenvalue weighted by molar-refractivity contribution is 7.17. The number of hydrogen-bond donors (Lipinski definition) is 2. The summed E-state index contributed by atoms with van der Waals surface area (Å²) in [5, 5.41) is 3.08. The van der Waals surface area contributed by atoms with E-state index in [-0.39, 0.29) is 0 Å². The van der Waals surface area contributed by atoms with Gasteiger partial charge in [-0.05, 0) is 31.2 Å². The number of carbonyl (C=O) groups is 2. The van der Waals surface area contributed by atoms with Gasteiger partial charge in [0.05, 0.1) is 5.56 Å². The second kappa shape index (κ2) is 6.78. The highest BCUT2D eigenvalue weighted by Crippen LogP contribution is 2.37. The van der Waals surface area contributed by atoms with Crippen LogP contribution in [-0.4, -0.2) is 16.7 Å². The van der Waals surface area contributed by atoms with Crippen LogP contribution in [0.25, 0.3) is 0 Å². The fourth-order valence-electron chi connectivity index (χ4n) is 2.43. The number of aryl methyl sites for hydroxylation is 1. The van der Waals surface area contributed by atoms with Crippen molar-refractivity contribution in [3.63, 3.8) is 0 Å². The Morgan fingerprint density at radius 3 is 2.40 bits per heavy atom. The van der Waals surface area contributed by atoms with E-state index in [4.69, 9.17) is 28.9 Å². The van der Waals surface area contributed by atoms with Crippen molar-refractivity contribution >= 4 is 51.4 Å². The lowest BCUT2D eigenvalue weighted by Gasteiger charge is -2.10. The first-order valence-electron chi connectivity index (χ1n) is 6.54. The normalized spacial score (nSPS) is 15.3. The van der Waals surface area contributed by atoms with Gasteiger partial charge in [0.15, 0.2) is 4.84 Å². The molecule has 0 saturated heterocycles. The summed E-state index contributed by atoms with van der Waals surface area (Å²) in [6, 6.07) is 0. The second-order valence-corrected chi connectivity index (χ2v) is 6.98. The molecular weight excluding hydrogens is 319 g/mol. The molecule has 1 aliphatic rings. The van der Waals surface area contributed by atoms with Crippen molar-refractivity contribution in [2.75, 3.05) is 5.32 Å². The Bertz CT molecular complexity index is 529. The molecule has 0 fully saturated rings. The minimum absolute atomic E-state index is 0.425. The first kappa shape index (κ1) is 15.6. The Kier molecular flexibility index (Phi) is 5.29. The van der Waals surface area contributed by atoms with Gasteiger partial charge in [-0.1, -0.05) is 36.0 Å². The Morgan fingerprint density at radius 1 is 1.15 bits per heavy atom. The molecule has 20 heavy (non-hydrogen) atoms. The van der Waals surface area contributed by atoms with Crippen LogP contribution in [0.5, 0.6) is 0 Å². The van der Waals surface area contributed by atoms with Gasteiger partial charge >= 0.3 is 0 Å². The van der Waals surface area contributed by atoms with E-state index in [2.05, 4.69) is 5.32 Å². The lowest BCUT2D eigenvalue weighted by Crippen LogP contribution is -2.21. The number of rotatable bonds is 3. The fraction of sp³-hybridized carbons (Fsp3) is 0.538. The molecule has 0 spiro atoms. The SMILES string of the molecule is NC(=O)c1c(NC(=O)C(Cl)Cl)sc2c1CCCCCC2. The number of hydrogen-bond acceptors (Lipinski definition) is 3. The van der Waals surface area contributed by atoms with Gasteiger partial charge in [-0.2, -0.15) is 0 Å². The van der Waals surface area contributed by atoms with E-state index in [0.717, 1.165) is 42.5 Å². The molecule has 2 rings (SSSR count). The minimum Gasteiger partial charge on any atom is -0.365 e. The summed E-state index contributed by atoms with van der Waals surface area (Å²) in [6.07, 6.45) is 6.21. The number of halogens is 2. The van der Waals surface area contributed by atoms with Crippen molar-refractivity contribution < 1.29 is 9.59 Å². The number of nitrogens with two attached hydrogens (primary N) is 1. The minimum atomic E-state index is -1.17. The van der Waals surface area contributed by atoms with Crippen LogP contribution in [0.2, 0.25) is 0 Å². The summed E-state index contributed by atoms with van der Waals surface area (Å²) in [5.41, 5.74) is 6.89. The zero-order chi connectivity index (χ0) is 14.7. The highest BCUT2D eigenvalue weighted by Gasteiger charge is 2.24. The van der Waals surface area contributed by atoms with Gasteiger partial charge in [0.2, 0.25) is 0 Å². The number of amides is 2. The zero-order valence-corrected chi connectivity index (χ0v) is 13.2. The van der Waals surface area contributed by atoms with Crippen molar-refractivity contribution in [3.05, 3.63) is 16.0 Å². The predicted octanol–water partition coefficient (Wildman–Crippen LogP) is 3.25. The van der Waals surface area contributed by atoms with Crippen molar-refractivity contribution in [1.82, 2.24) is 0 Å². The quantitative estimate of drug-likeness (QED) is 0.832. The molecule has 0 atom stereocenters. The summed E-state index contributed by atoms with van der Waals surface area (Å²) in [4.78, 5) is 23.3. The summed E-state index contributed by atoms with van der Waals surface area (Å²) >= 11 is 12.5. The molecule has 7 heteroatoms. The lowest BCUT2D eigenvalue weighted by atomic mass is 9.96. The number of anilines is 1. The summed E-state index contributed by atoms with van der Waals surface area (Å²) in [6.45, 7) is 0. The number of fused-ring (bicyclic) bond motifs is 1. The molecule has 0 aromatic carbocycles. The number of carbonyl (C=O) groups excluding carboxylic acids is 2. The molecule has 2 amide bonds. The molecule has 1 heterocycles. The summed E-state index contributed by atoms with van der Waals surface area (Å²) < 4.78 is 0. The van der Waals surface area contributed by atoms with Gasteiger partial charge in [-0.15, -0.1) is 11.3 Å². The van der Waals surface area contributed by atoms with Gasteiger partial charge < -0.3 is 11.1 Å². The summed E-state index contributed by atoms with van der Waals surface area (Å²) in [5.74, 6) is -1.05. The van der Waals surface area contributed by atoms with Crippen molar-refractivity contribution in [2.45, 2.75) is 43.4 Å². The zero-order valence-electron chi connectivity index (χ0n) is 10.9. The maximum atomic E-state index is 11.7. The fourth-order valence-corrected chi connectivity index (χ4v) is 3.84. The number of nitrogens with one attached hydrogen (secondary N) is 1. The molecule has 1 aliphatic carbocycles. The van der Waals surface area contributed by atoms with Crippen LogP contribution in [0.15, 0.2) is 0 Å². The maximum Gasteiger partial charge on any atom is 0.258 e. The first-order chi connectivity index (χ1) is 9.50. The average Bonchev–Trinajstić information content (AvgIpc) is 2.66. The highest BCUT2D eigenvalue weighted by atomic mass is 35.5. The van der Waals surface area contributed by atoms with Crippen LogP contribution in [-0.2, 0) is 17.6 Å². The van der Waals surface area contributed by atoms with Crippen molar-refractivity contribution in [2.24, 2.45) is 5.73 Å². The predicted molar refractivity (Wildman–Crippen MR) is 82.8 cm³/mol. The average molecular weight is 335 g/mol. The molecule has 0 aliphatic heterocycles. The smallest absolute Gasteiger partial charge is 0.258 e. The van der Waals surface area contributed by atoms with Gasteiger partial charge in [-0.3, -0.25) is 9.59 Å². The van der Waals surface area contributed by atoms with E-state index < -0.39 is 16.7 Å². The standard InChI is InChI=1S/C13H16Cl2N2O2S/c14-10(15)12(19)17-13-9(11(16)18)7-5-3-1-2-4-6-8(7)20-13/h10H,1-6H2,(H2,16,18)(H,17,19). The van der Waals surface area contributed by atoms with Crippen LogP contribution in [0, 0.1) is 0 Å². The first-order valence-corrected chi connectivity index (χ1v) is 8.23. The molecule has 0 bridgehead atoms. The number of thiophene rings is 1. The van der Waals surface area contributed by atoms with Crippen LogP contribution < -0.4 is 11.1 Å². The van der Waals surface area contributed by atoms with Crippen molar-refractivity contribution in [1.29, 1.82) is 0 Å². The van der Waals surface area contributed by atoms with E-state index in [1.165, 1.54) is 17.8 Å². The largest absolute Gasteiger partial charge is 0.365 e. The second-order valence-electron chi connectivity index (χ2n) is 4.78. The topological polar surface area (TPSA) is 72.2 Å². The third-order valence-corrected chi connectivity index (χ3v) is 4.96. The van der Waals surface area contributed by atoms with E-state index in [1.54, 1.807) is 0 Å². The van der Waals surface area contributed by atoms with Gasteiger partial charge in [0, 0.05) is 4.88 Å². The number of alkyl halides is 2. The number of primary amides is 1. The Labute approximate surface area is 131 Å². The monoisotopic (exact) mass is 334 g/mol. The van der Waals surface area contributed by atoms with Crippen LogP contribution >= 0.6 is 34.5 Å².